The van der Waals surface area contributed by atoms with Gasteiger partial charge in [-0.25, -0.2) is 0 Å². The van der Waals surface area contributed by atoms with Crippen molar-refractivity contribution in [3.05, 3.63) is 35.4 Å². The quantitative estimate of drug-likeness (QED) is 0.416. The molecule has 1 aromatic rings. The predicted molar refractivity (Wildman–Crippen MR) is 120 cm³/mol. The Hall–Kier alpha value is -2.50. The number of fused-ring (bicyclic) bond motifs is 1. The summed E-state index contributed by atoms with van der Waals surface area (Å²) in [7, 11) is 0. The van der Waals surface area contributed by atoms with Crippen molar-refractivity contribution >= 4 is 11.9 Å². The number of allylic oxidation sites excluding steroid dienone is 2. The van der Waals surface area contributed by atoms with Crippen molar-refractivity contribution in [2.45, 2.75) is 64.2 Å². The standard InChI is InChI=1S/C26H34O6/c27-24-13-11-20-7-3-5-19-6-4-8-21(26(19)20)12-14-25(28)32-18-16-30-23-10-2-1-9-22(23)29-15-17-31-24/h1-2,9-10,20-21H,3-8,11-18H2. The van der Waals surface area contributed by atoms with Crippen LogP contribution in [0.3, 0.4) is 0 Å². The molecular weight excluding hydrogens is 408 g/mol. The van der Waals surface area contributed by atoms with Crippen molar-refractivity contribution in [3.8, 4) is 11.5 Å². The zero-order chi connectivity index (χ0) is 22.2. The SMILES string of the molecule is O=C1CCC2CCCC3=C2C(CCC3)CCC(=O)OCCOc2ccccc2OCCO1. The summed E-state index contributed by atoms with van der Waals surface area (Å²) < 4.78 is 22.3. The predicted octanol–water partition coefficient (Wildman–Crippen LogP) is 5.00. The minimum atomic E-state index is -0.167. The van der Waals surface area contributed by atoms with E-state index < -0.39 is 0 Å². The van der Waals surface area contributed by atoms with Crippen LogP contribution in [0.5, 0.6) is 11.5 Å². The molecule has 6 heteroatoms. The Balaban J connectivity index is 1.44. The third-order valence-corrected chi connectivity index (χ3v) is 6.80. The summed E-state index contributed by atoms with van der Waals surface area (Å²) in [6.07, 6.45) is 9.51. The molecule has 0 saturated heterocycles. The molecule has 0 radical (unpaired) electrons. The molecule has 2 unspecified atom stereocenters. The van der Waals surface area contributed by atoms with Gasteiger partial charge < -0.3 is 18.9 Å². The summed E-state index contributed by atoms with van der Waals surface area (Å²) in [5.74, 6) is 1.70. The molecule has 4 rings (SSSR count). The summed E-state index contributed by atoms with van der Waals surface area (Å²) >= 11 is 0. The Morgan fingerprint density at radius 2 is 1.06 bits per heavy atom. The molecule has 3 aliphatic rings. The van der Waals surface area contributed by atoms with Crippen LogP contribution in [-0.2, 0) is 19.1 Å². The van der Waals surface area contributed by atoms with E-state index in [4.69, 9.17) is 18.9 Å². The minimum absolute atomic E-state index is 0.167. The fraction of sp³-hybridized carbons (Fsp3) is 0.615. The molecule has 174 valence electrons. The van der Waals surface area contributed by atoms with Gasteiger partial charge in [-0.15, -0.1) is 0 Å². The van der Waals surface area contributed by atoms with Crippen molar-refractivity contribution in [3.63, 3.8) is 0 Å². The summed E-state index contributed by atoms with van der Waals surface area (Å²) in [5.41, 5.74) is 3.13. The second-order valence-corrected chi connectivity index (χ2v) is 8.90. The van der Waals surface area contributed by atoms with Crippen molar-refractivity contribution in [1.29, 1.82) is 0 Å². The monoisotopic (exact) mass is 442 g/mol. The fourth-order valence-corrected chi connectivity index (χ4v) is 5.39. The highest BCUT2D eigenvalue weighted by atomic mass is 16.6. The van der Waals surface area contributed by atoms with Crippen molar-refractivity contribution in [2.75, 3.05) is 26.4 Å². The van der Waals surface area contributed by atoms with E-state index >= 15 is 0 Å². The van der Waals surface area contributed by atoms with Gasteiger partial charge in [0.2, 0.25) is 0 Å². The molecule has 1 aliphatic heterocycles. The average molecular weight is 443 g/mol. The van der Waals surface area contributed by atoms with Gasteiger partial charge >= 0.3 is 11.9 Å². The maximum Gasteiger partial charge on any atom is 0.305 e. The first-order chi connectivity index (χ1) is 15.7. The van der Waals surface area contributed by atoms with E-state index in [9.17, 15) is 9.59 Å². The number of hydrogen-bond donors (Lipinski definition) is 0. The number of hydrogen-bond acceptors (Lipinski definition) is 6. The third kappa shape index (κ3) is 6.05. The van der Waals surface area contributed by atoms with Gasteiger partial charge in [-0.05, 0) is 75.3 Å². The third-order valence-electron chi connectivity index (χ3n) is 6.80. The molecule has 1 heterocycles. The largest absolute Gasteiger partial charge is 0.486 e. The topological polar surface area (TPSA) is 71.1 Å². The van der Waals surface area contributed by atoms with Gasteiger partial charge in [0.05, 0.1) is 0 Å². The zero-order valence-corrected chi connectivity index (χ0v) is 18.8. The number of carbonyl (C=O) groups excluding carboxylic acids is 2. The van der Waals surface area contributed by atoms with Gasteiger partial charge in [-0.1, -0.05) is 23.3 Å². The zero-order valence-electron chi connectivity index (χ0n) is 18.8. The van der Waals surface area contributed by atoms with Crippen LogP contribution < -0.4 is 9.47 Å². The van der Waals surface area contributed by atoms with Gasteiger partial charge in [0.1, 0.15) is 26.4 Å². The van der Waals surface area contributed by atoms with E-state index in [1.807, 2.05) is 24.3 Å². The molecule has 0 aromatic heterocycles. The molecule has 6 nitrogen and oxygen atoms in total. The molecule has 0 fully saturated rings. The second-order valence-electron chi connectivity index (χ2n) is 8.90. The number of rotatable bonds is 0. The number of para-hydroxylation sites is 2. The Morgan fingerprint density at radius 1 is 0.594 bits per heavy atom. The summed E-state index contributed by atoms with van der Waals surface area (Å²) in [4.78, 5) is 24.7. The first kappa shape index (κ1) is 22.7. The van der Waals surface area contributed by atoms with Crippen LogP contribution in [0.1, 0.15) is 64.2 Å². The molecular formula is C26H34O6. The first-order valence-electron chi connectivity index (χ1n) is 12.1. The molecule has 1 aromatic carbocycles. The van der Waals surface area contributed by atoms with E-state index in [1.54, 1.807) is 11.1 Å². The highest BCUT2D eigenvalue weighted by Crippen LogP contribution is 2.45. The van der Waals surface area contributed by atoms with Gasteiger partial charge in [0.25, 0.3) is 0 Å². The van der Waals surface area contributed by atoms with Crippen LogP contribution in [0.2, 0.25) is 0 Å². The van der Waals surface area contributed by atoms with Crippen LogP contribution >= 0.6 is 0 Å². The molecule has 0 spiro atoms. The number of ether oxygens (including phenoxy) is 4. The summed E-state index contributed by atoms with van der Waals surface area (Å²) in [5, 5.41) is 0. The molecule has 2 atom stereocenters. The van der Waals surface area contributed by atoms with Gasteiger partial charge in [-0.3, -0.25) is 9.59 Å². The lowest BCUT2D eigenvalue weighted by atomic mass is 9.68. The lowest BCUT2D eigenvalue weighted by Crippen LogP contribution is -2.25. The smallest absolute Gasteiger partial charge is 0.305 e. The maximum atomic E-state index is 12.4. The molecule has 2 aliphatic carbocycles. The van der Waals surface area contributed by atoms with Gasteiger partial charge in [-0.2, -0.15) is 0 Å². The normalized spacial score (nSPS) is 26.0. The Kier molecular flexibility index (Phi) is 8.07. The van der Waals surface area contributed by atoms with E-state index in [-0.39, 0.29) is 38.4 Å². The molecule has 0 amide bonds. The lowest BCUT2D eigenvalue weighted by molar-refractivity contribution is -0.145. The van der Waals surface area contributed by atoms with Crippen LogP contribution in [0.4, 0.5) is 0 Å². The van der Waals surface area contributed by atoms with Crippen LogP contribution in [0.25, 0.3) is 0 Å². The average Bonchev–Trinajstić information content (AvgIpc) is 2.82. The molecule has 32 heavy (non-hydrogen) atoms. The van der Waals surface area contributed by atoms with Crippen LogP contribution in [0.15, 0.2) is 35.4 Å². The fourth-order valence-electron chi connectivity index (χ4n) is 5.39. The van der Waals surface area contributed by atoms with E-state index in [0.29, 0.717) is 36.2 Å². The highest BCUT2D eigenvalue weighted by molar-refractivity contribution is 5.69. The number of cyclic esters (lactones) is 2. The molecule has 0 bridgehead atoms. The lowest BCUT2D eigenvalue weighted by Gasteiger charge is -2.37. The number of esters is 2. The highest BCUT2D eigenvalue weighted by Gasteiger charge is 2.32. The molecule has 0 saturated carbocycles. The van der Waals surface area contributed by atoms with Crippen LogP contribution in [-0.4, -0.2) is 38.4 Å². The van der Waals surface area contributed by atoms with Crippen molar-refractivity contribution < 1.29 is 28.5 Å². The Morgan fingerprint density at radius 3 is 1.56 bits per heavy atom. The van der Waals surface area contributed by atoms with Gasteiger partial charge in [0, 0.05) is 12.8 Å². The van der Waals surface area contributed by atoms with E-state index in [2.05, 4.69) is 0 Å². The van der Waals surface area contributed by atoms with Crippen molar-refractivity contribution in [2.24, 2.45) is 11.8 Å². The first-order valence-corrected chi connectivity index (χ1v) is 12.1. The van der Waals surface area contributed by atoms with E-state index in [1.165, 1.54) is 25.7 Å². The second kappa shape index (κ2) is 11.4. The number of carbonyl (C=O) groups is 2. The minimum Gasteiger partial charge on any atom is -0.486 e. The summed E-state index contributed by atoms with van der Waals surface area (Å²) in [6, 6.07) is 7.33. The van der Waals surface area contributed by atoms with E-state index in [0.717, 1.165) is 25.7 Å². The summed E-state index contributed by atoms with van der Waals surface area (Å²) in [6.45, 7) is 0.960. The molecule has 0 N–H and O–H groups in total. The number of benzene rings is 1. The Labute approximate surface area is 190 Å². The Bertz CT molecular complexity index is 764. The van der Waals surface area contributed by atoms with Gasteiger partial charge in [0.15, 0.2) is 11.5 Å². The van der Waals surface area contributed by atoms with Crippen LogP contribution in [0, 0.1) is 11.8 Å². The maximum absolute atomic E-state index is 12.4. The van der Waals surface area contributed by atoms with Crippen molar-refractivity contribution in [1.82, 2.24) is 0 Å².